The third-order valence-electron chi connectivity index (χ3n) is 23.3. The fraction of sp³-hybridized carbons (Fsp3) is 0.507. The summed E-state index contributed by atoms with van der Waals surface area (Å²) in [6.45, 7) is -3.25. The Balaban J connectivity index is 0.627. The Hall–Kier alpha value is -7.97. The maximum absolute atomic E-state index is 15.7. The number of imidazole rings is 2. The Bertz CT molecular complexity index is 6390. The molecule has 13 heterocycles. The molecule has 7 aliphatic heterocycles. The highest BCUT2D eigenvalue weighted by Gasteiger charge is 2.62. The van der Waals surface area contributed by atoms with Crippen LogP contribution in [0.3, 0.4) is 0 Å². The number of nitrogen functional groups attached to an aromatic ring is 3. The number of fused-ring (bicyclic) bond motifs is 6. The average Bonchev–Trinajstić information content (AvgIpc) is 0.826. The number of anilines is 3. The van der Waals surface area contributed by atoms with Crippen LogP contribution in [0, 0.1) is 18.3 Å². The molecule has 7 fully saturated rings. The number of nitriles is 1. The molecule has 784 valence electrons. The standard InChI is InChI=1S/C75H106N16O41P4Si8/c1-46-37-89(74(99)87-70(46)96)62-34-53(57(117-62)38-109-75(47-11-7-6-8-12-47,48-13-17-50(104-2)18-14-48)49-15-19-51(20-16-49)108-27-10-29-111-136(103,110-28-9-22-76)115-45-140-124-138-126-142-127-141-125-137-123-139(30-24-92)128-143(130-141,31-25-93)132-144(129-140,131-142)32-26-94)120-134(101,106-4)113-41-59-55(36-64(119-59)91-44-83-66-69(91)85-72(79)86-71(66)97)122-135(102,107-5)114-40-58-54(35-63(118-58)90-43-82-65-67(78)80-42-81-68(65)90)121-133(100,105-3)112-39-56-52(95)33-61(116-56)88-23-21-60(77)84-73(88)98/h6-8,11-21,23,37,42-44,52-59,61-64,92-95,139-142H,9-10,24-36,38-41,45,137-138H2,1-5H3,(H2,77,84,98)(H2,78,80,81)(H,87,96,99)(H3,79,85,86,97)/t52?,53?,54?,55?,56-,57-,58-,59-,61-,62-,63-,64-,75?,133?,134?,135?,136?,139?,140?,141?,142?,143?,144?/m1/s1. The maximum Gasteiger partial charge on any atom is 0.479 e. The van der Waals surface area contributed by atoms with E-state index >= 15 is 9.13 Å². The first-order valence-corrected chi connectivity index (χ1v) is 63.1. The van der Waals surface area contributed by atoms with Crippen molar-refractivity contribution < 1.29 is 167 Å². The highest BCUT2D eigenvalue weighted by Crippen LogP contribution is 2.59. The third kappa shape index (κ3) is 25.8. The number of benzene rings is 3. The number of rotatable bonds is 47. The summed E-state index contributed by atoms with van der Waals surface area (Å²) in [5.41, 5.74) is 15.1. The zero-order chi connectivity index (χ0) is 102. The Kier molecular flexibility index (Phi) is 36.5. The van der Waals surface area contributed by atoms with E-state index in [-0.39, 0.29) is 129 Å². The summed E-state index contributed by atoms with van der Waals surface area (Å²) in [6, 6.07) is 25.8. The Labute approximate surface area is 831 Å². The normalized spacial score (nSPS) is 28.7. The number of aliphatic hydroxyl groups is 4. The predicted molar refractivity (Wildman–Crippen MR) is 509 cm³/mol. The number of phosphoric ester groups is 4. The number of nitrogens with one attached hydrogen (secondary N) is 2. The molecule has 0 radical (unpaired) electrons. The minimum Gasteiger partial charge on any atom is -0.497 e. The lowest BCUT2D eigenvalue weighted by Gasteiger charge is -2.46. The lowest BCUT2D eigenvalue weighted by atomic mass is 9.80. The largest absolute Gasteiger partial charge is 0.497 e. The summed E-state index contributed by atoms with van der Waals surface area (Å²) < 4.78 is 244. The molecule has 69 heteroatoms. The van der Waals surface area contributed by atoms with Crippen molar-refractivity contribution in [3.63, 3.8) is 0 Å². The summed E-state index contributed by atoms with van der Waals surface area (Å²) in [4.78, 5) is 82.6. The Morgan fingerprint density at radius 1 is 0.562 bits per heavy atom. The van der Waals surface area contributed by atoms with Crippen LogP contribution >= 0.6 is 31.3 Å². The minimum atomic E-state index is -5.04. The van der Waals surface area contributed by atoms with Crippen molar-refractivity contribution in [3.05, 3.63) is 180 Å². The second-order valence-electron chi connectivity index (χ2n) is 32.6. The zero-order valence-corrected chi connectivity index (χ0v) is 90.6. The van der Waals surface area contributed by atoms with Crippen LogP contribution in [-0.2, 0) is 143 Å². The van der Waals surface area contributed by atoms with Crippen molar-refractivity contribution >= 4 is 146 Å². The number of aryl methyl sites for hydroxylation is 1. The van der Waals surface area contributed by atoms with Gasteiger partial charge in [-0.05, 0) is 53.9 Å². The van der Waals surface area contributed by atoms with Crippen LogP contribution in [0.5, 0.6) is 11.5 Å². The fourth-order valence-corrected chi connectivity index (χ4v) is 50.4. The van der Waals surface area contributed by atoms with Gasteiger partial charge < -0.3 is 112 Å². The number of aliphatic hydroxyl groups excluding tert-OH is 4. The number of phosphoric acid groups is 4. The number of aromatic amines is 2. The first-order valence-electron chi connectivity index (χ1n) is 44.8. The molecular weight excluding hydrogens is 2130 g/mol. The van der Waals surface area contributed by atoms with Gasteiger partial charge in [0, 0.05) is 109 Å². The number of methoxy groups -OCH3 is 1. The van der Waals surface area contributed by atoms with Crippen LogP contribution in [0.25, 0.3) is 22.3 Å². The molecule has 23 atom stereocenters. The molecule has 6 aromatic heterocycles. The molecule has 3 aromatic carbocycles. The topological polar surface area (TPSA) is 716 Å². The van der Waals surface area contributed by atoms with Crippen LogP contribution in [0.4, 0.5) is 17.6 Å². The van der Waals surface area contributed by atoms with E-state index in [2.05, 4.69) is 39.9 Å². The Morgan fingerprint density at radius 3 is 1.69 bits per heavy atom. The molecule has 0 spiro atoms. The van der Waals surface area contributed by atoms with Crippen molar-refractivity contribution in [2.24, 2.45) is 0 Å². The summed E-state index contributed by atoms with van der Waals surface area (Å²) >= 11 is 0. The van der Waals surface area contributed by atoms with Gasteiger partial charge in [0.05, 0.1) is 90.8 Å². The number of hydrogen-bond acceptors (Lipinski definition) is 51. The van der Waals surface area contributed by atoms with E-state index in [1.54, 1.807) is 66.7 Å². The van der Waals surface area contributed by atoms with E-state index in [1.807, 2.05) is 18.2 Å². The molecule has 0 aliphatic carbocycles. The molecule has 16 rings (SSSR count). The second kappa shape index (κ2) is 48.3. The molecule has 7 saturated heterocycles. The smallest absolute Gasteiger partial charge is 0.479 e. The lowest BCUT2D eigenvalue weighted by Crippen LogP contribution is -2.70. The van der Waals surface area contributed by atoms with Gasteiger partial charge in [0.1, 0.15) is 102 Å². The quantitative estimate of drug-likeness (QED) is 0.0106. The van der Waals surface area contributed by atoms with E-state index < -0.39 is 254 Å². The third-order valence-corrected chi connectivity index (χ3v) is 53.2. The summed E-state index contributed by atoms with van der Waals surface area (Å²) in [7, 11) is -39.4. The van der Waals surface area contributed by atoms with Gasteiger partial charge in [-0.25, -0.2) is 47.8 Å². The zero-order valence-electron chi connectivity index (χ0n) is 77.6. The molecule has 57 nitrogen and oxygen atoms in total. The van der Waals surface area contributed by atoms with Crippen molar-refractivity contribution in [2.75, 3.05) is 118 Å². The molecule has 0 saturated carbocycles. The van der Waals surface area contributed by atoms with Gasteiger partial charge in [0.25, 0.3) is 31.1 Å². The van der Waals surface area contributed by atoms with Crippen LogP contribution < -0.4 is 49.2 Å². The molecular formula is C75H106N16O41P4Si8. The molecule has 4 bridgehead atoms. The number of nitrogens with zero attached hydrogens (tertiary/aromatic N) is 11. The first kappa shape index (κ1) is 109. The SMILES string of the molecule is COc1ccc(C(OC[C@H]2O[C@@H](n3cc(C)c(=O)[nH]c3=O)CC2OP(=O)(OC)OC[C@H]2O[C@@H](n3cnc4c(=O)[nH]c(N)nc43)CC2OP(=O)(OC)OC[C@H]2O[C@@H](n3cnc4c(N)ncnc43)CC2OP(=O)(OC)OC[C@H]2O[C@@H](n3ccc(N)nc3=O)CC2O)(c2ccccc2)c2ccc(OCCCOP(=O)(OCCC#N)OC[SiH]3O[SiH2]O[SiH]4O[SiH]5O[SiH2]O[SiH](CCO)O[Si](CCO)(O5)O[Si](CCO)(O3)O4)cc2)cc1. The maximum atomic E-state index is 15.7. The summed E-state index contributed by atoms with van der Waals surface area (Å²) in [5, 5.41) is 51.3. The Morgan fingerprint density at radius 2 is 1.10 bits per heavy atom. The van der Waals surface area contributed by atoms with Gasteiger partial charge in [0.2, 0.25) is 5.95 Å². The van der Waals surface area contributed by atoms with Gasteiger partial charge in [-0.15, -0.1) is 0 Å². The predicted octanol–water partition coefficient (Wildman–Crippen LogP) is 0.133. The highest BCUT2D eigenvalue weighted by molar-refractivity contribution is 7.49. The van der Waals surface area contributed by atoms with Crippen LogP contribution in [0.1, 0.15) is 85.7 Å². The monoisotopic (exact) mass is 2230 g/mol. The second-order valence-corrected chi connectivity index (χ2v) is 58.5. The summed E-state index contributed by atoms with van der Waals surface area (Å²) in [6.07, 6.45) is -10.9. The number of ether oxygens (including phenoxy) is 7. The summed E-state index contributed by atoms with van der Waals surface area (Å²) in [5.74, 6) is 0.480. The van der Waals surface area contributed by atoms with Gasteiger partial charge in [-0.2, -0.15) is 15.2 Å². The van der Waals surface area contributed by atoms with E-state index in [0.717, 1.165) is 30.5 Å². The molecule has 15 unspecified atom stereocenters. The average molecular weight is 2240 g/mol. The molecule has 12 N–H and O–H groups in total. The van der Waals surface area contributed by atoms with Crippen molar-refractivity contribution in [2.45, 2.75) is 143 Å². The highest BCUT2D eigenvalue weighted by atomic mass is 31.2. The first-order chi connectivity index (χ1) is 69.3. The van der Waals surface area contributed by atoms with E-state index in [4.69, 9.17) is 146 Å². The van der Waals surface area contributed by atoms with Crippen molar-refractivity contribution in [3.8, 4) is 17.6 Å². The fourth-order valence-electron chi connectivity index (χ4n) is 16.3. The molecule has 7 aliphatic rings. The minimum absolute atomic E-state index is 0.0238. The number of nitrogens with two attached hydrogens (primary N) is 3. The molecule has 0 amide bonds. The molecule has 9 aromatic rings. The number of H-pyrrole nitrogens is 2. The van der Waals surface area contributed by atoms with Crippen molar-refractivity contribution in [1.29, 1.82) is 5.26 Å². The van der Waals surface area contributed by atoms with Crippen LogP contribution in [-0.4, -0.2) is 303 Å². The van der Waals surface area contributed by atoms with Gasteiger partial charge in [-0.1, -0.05) is 54.6 Å². The number of aromatic nitrogens is 12. The number of hydrogen-bond donors (Lipinski definition) is 9. The van der Waals surface area contributed by atoms with Crippen LogP contribution in [0.15, 0.2) is 135 Å². The van der Waals surface area contributed by atoms with Gasteiger partial charge >= 0.3 is 97.9 Å². The van der Waals surface area contributed by atoms with Crippen LogP contribution in [0.2, 0.25) is 18.1 Å². The van der Waals surface area contributed by atoms with E-state index in [0.29, 0.717) is 28.2 Å². The molecule has 144 heavy (non-hydrogen) atoms. The van der Waals surface area contributed by atoms with E-state index in [1.165, 1.54) is 60.6 Å². The lowest BCUT2D eigenvalue weighted by molar-refractivity contribution is -0.0956. The van der Waals surface area contributed by atoms with Gasteiger partial charge in [-0.3, -0.25) is 92.1 Å². The van der Waals surface area contributed by atoms with E-state index in [9.17, 15) is 54.0 Å². The van der Waals surface area contributed by atoms with Crippen molar-refractivity contribution in [1.82, 2.24) is 58.1 Å². The van der Waals surface area contributed by atoms with Gasteiger partial charge in [0.15, 0.2) is 22.6 Å².